The van der Waals surface area contributed by atoms with Gasteiger partial charge in [-0.05, 0) is 43.8 Å². The van der Waals surface area contributed by atoms with Crippen LogP contribution in [0.25, 0.3) is 0 Å². The molecule has 0 saturated heterocycles. The van der Waals surface area contributed by atoms with Crippen molar-refractivity contribution in [2.75, 3.05) is 0 Å². The predicted molar refractivity (Wildman–Crippen MR) is 64.6 cm³/mol. The van der Waals surface area contributed by atoms with Gasteiger partial charge in [-0.25, -0.2) is 0 Å². The van der Waals surface area contributed by atoms with Crippen LogP contribution in [-0.4, -0.2) is 15.3 Å². The van der Waals surface area contributed by atoms with Crippen LogP contribution in [-0.2, 0) is 0 Å². The summed E-state index contributed by atoms with van der Waals surface area (Å²) in [5, 5.41) is 20.2. The molecule has 0 aliphatic rings. The van der Waals surface area contributed by atoms with Crippen LogP contribution in [0.3, 0.4) is 0 Å². The molecule has 84 valence electrons. The van der Waals surface area contributed by atoms with Gasteiger partial charge in [-0.15, -0.1) is 11.3 Å². The standard InChI is InChI=1S/C12H14N2OS/c1-7-4-11(9(3)14-13-7)12(15)10-5-8(2)16-6-10/h4-6,12,15H,1-3H3. The van der Waals surface area contributed by atoms with Crippen LogP contribution >= 0.6 is 11.3 Å². The molecule has 2 aromatic heterocycles. The van der Waals surface area contributed by atoms with Crippen molar-refractivity contribution >= 4 is 11.3 Å². The van der Waals surface area contributed by atoms with Crippen molar-refractivity contribution in [3.8, 4) is 0 Å². The summed E-state index contributed by atoms with van der Waals surface area (Å²) in [5.74, 6) is 0. The Morgan fingerprint density at radius 1 is 1.19 bits per heavy atom. The Hall–Kier alpha value is -1.26. The van der Waals surface area contributed by atoms with Gasteiger partial charge < -0.3 is 5.11 Å². The van der Waals surface area contributed by atoms with Crippen molar-refractivity contribution in [1.82, 2.24) is 10.2 Å². The molecule has 0 aliphatic heterocycles. The van der Waals surface area contributed by atoms with E-state index >= 15 is 0 Å². The summed E-state index contributed by atoms with van der Waals surface area (Å²) >= 11 is 1.64. The van der Waals surface area contributed by atoms with E-state index < -0.39 is 6.10 Å². The second-order valence-electron chi connectivity index (χ2n) is 3.92. The van der Waals surface area contributed by atoms with Gasteiger partial charge in [0.1, 0.15) is 6.10 Å². The van der Waals surface area contributed by atoms with E-state index in [9.17, 15) is 5.11 Å². The molecule has 1 atom stereocenters. The molecule has 0 bridgehead atoms. The van der Waals surface area contributed by atoms with Gasteiger partial charge in [0.15, 0.2) is 0 Å². The maximum absolute atomic E-state index is 10.2. The molecule has 0 radical (unpaired) electrons. The van der Waals surface area contributed by atoms with E-state index in [1.165, 1.54) is 4.88 Å². The number of hydrogen-bond acceptors (Lipinski definition) is 4. The fourth-order valence-corrected chi connectivity index (χ4v) is 2.36. The zero-order chi connectivity index (χ0) is 11.7. The Morgan fingerprint density at radius 2 is 1.94 bits per heavy atom. The van der Waals surface area contributed by atoms with E-state index in [2.05, 4.69) is 10.2 Å². The topological polar surface area (TPSA) is 46.0 Å². The monoisotopic (exact) mass is 234 g/mol. The van der Waals surface area contributed by atoms with Gasteiger partial charge in [0.25, 0.3) is 0 Å². The highest BCUT2D eigenvalue weighted by molar-refractivity contribution is 7.10. The van der Waals surface area contributed by atoms with Crippen molar-refractivity contribution in [2.24, 2.45) is 0 Å². The van der Waals surface area contributed by atoms with E-state index in [4.69, 9.17) is 0 Å². The van der Waals surface area contributed by atoms with Crippen LogP contribution in [0.5, 0.6) is 0 Å². The molecule has 2 heterocycles. The minimum absolute atomic E-state index is 0.598. The minimum Gasteiger partial charge on any atom is -0.384 e. The van der Waals surface area contributed by atoms with Crippen molar-refractivity contribution in [3.05, 3.63) is 44.9 Å². The number of aliphatic hydroxyl groups is 1. The molecule has 3 nitrogen and oxygen atoms in total. The zero-order valence-electron chi connectivity index (χ0n) is 9.56. The highest BCUT2D eigenvalue weighted by Gasteiger charge is 2.15. The van der Waals surface area contributed by atoms with E-state index in [0.29, 0.717) is 0 Å². The molecule has 16 heavy (non-hydrogen) atoms. The summed E-state index contributed by atoms with van der Waals surface area (Å²) in [6.07, 6.45) is -0.598. The van der Waals surface area contributed by atoms with Crippen LogP contribution in [0.1, 0.15) is 33.5 Å². The maximum atomic E-state index is 10.2. The lowest BCUT2D eigenvalue weighted by molar-refractivity contribution is 0.219. The van der Waals surface area contributed by atoms with E-state index in [1.807, 2.05) is 38.3 Å². The number of aromatic nitrogens is 2. The number of hydrogen-bond donors (Lipinski definition) is 1. The second kappa shape index (κ2) is 4.31. The molecular formula is C12H14N2OS. The van der Waals surface area contributed by atoms with Crippen LogP contribution in [0.15, 0.2) is 17.5 Å². The third-order valence-electron chi connectivity index (χ3n) is 2.50. The Balaban J connectivity index is 2.40. The molecule has 0 spiro atoms. The molecule has 0 fully saturated rings. The Kier molecular flexibility index (Phi) is 3.03. The summed E-state index contributed by atoms with van der Waals surface area (Å²) in [7, 11) is 0. The maximum Gasteiger partial charge on any atom is 0.107 e. The Labute approximate surface area is 98.8 Å². The predicted octanol–water partition coefficient (Wildman–Crippen LogP) is 2.55. The lowest BCUT2D eigenvalue weighted by Gasteiger charge is -2.11. The molecule has 2 rings (SSSR count). The molecule has 0 amide bonds. The SMILES string of the molecule is Cc1cc(C(O)c2csc(C)c2)c(C)nn1. The van der Waals surface area contributed by atoms with Crippen molar-refractivity contribution in [3.63, 3.8) is 0 Å². The summed E-state index contributed by atoms with van der Waals surface area (Å²) in [4.78, 5) is 1.20. The van der Waals surface area contributed by atoms with Gasteiger partial charge in [0, 0.05) is 10.4 Å². The normalized spacial score (nSPS) is 12.8. The molecule has 0 aromatic carbocycles. The molecule has 4 heteroatoms. The van der Waals surface area contributed by atoms with Crippen molar-refractivity contribution in [2.45, 2.75) is 26.9 Å². The van der Waals surface area contributed by atoms with E-state index in [0.717, 1.165) is 22.5 Å². The molecule has 1 unspecified atom stereocenters. The third kappa shape index (κ3) is 2.13. The average Bonchev–Trinajstić information content (AvgIpc) is 2.67. The van der Waals surface area contributed by atoms with Crippen molar-refractivity contribution < 1.29 is 5.11 Å². The summed E-state index contributed by atoms with van der Waals surface area (Å²) < 4.78 is 0. The second-order valence-corrected chi connectivity index (χ2v) is 5.04. The van der Waals surface area contributed by atoms with E-state index in [1.54, 1.807) is 11.3 Å². The largest absolute Gasteiger partial charge is 0.384 e. The Bertz CT molecular complexity index is 507. The quantitative estimate of drug-likeness (QED) is 0.868. The number of thiophene rings is 1. The first kappa shape index (κ1) is 11.2. The smallest absolute Gasteiger partial charge is 0.107 e. The number of aliphatic hydroxyl groups excluding tert-OH is 1. The van der Waals surface area contributed by atoms with Gasteiger partial charge in [-0.1, -0.05) is 0 Å². The van der Waals surface area contributed by atoms with Crippen molar-refractivity contribution in [1.29, 1.82) is 0 Å². The van der Waals surface area contributed by atoms with Gasteiger partial charge in [-0.3, -0.25) is 0 Å². The lowest BCUT2D eigenvalue weighted by Crippen LogP contribution is -2.04. The van der Waals surface area contributed by atoms with Gasteiger partial charge in [-0.2, -0.15) is 10.2 Å². The fourth-order valence-electron chi connectivity index (χ4n) is 1.63. The van der Waals surface area contributed by atoms with Crippen LogP contribution in [0.2, 0.25) is 0 Å². The average molecular weight is 234 g/mol. The summed E-state index contributed by atoms with van der Waals surface area (Å²) in [6.45, 7) is 5.77. The number of rotatable bonds is 2. The first-order chi connectivity index (χ1) is 7.58. The first-order valence-electron chi connectivity index (χ1n) is 5.12. The summed E-state index contributed by atoms with van der Waals surface area (Å²) in [5.41, 5.74) is 3.37. The molecule has 0 saturated carbocycles. The number of nitrogens with zero attached hydrogens (tertiary/aromatic N) is 2. The van der Waals surface area contributed by atoms with Gasteiger partial charge >= 0.3 is 0 Å². The van der Waals surface area contributed by atoms with Gasteiger partial charge in [0.2, 0.25) is 0 Å². The lowest BCUT2D eigenvalue weighted by atomic mass is 10.0. The molecule has 1 N–H and O–H groups in total. The number of aryl methyl sites for hydroxylation is 3. The highest BCUT2D eigenvalue weighted by atomic mass is 32.1. The third-order valence-corrected chi connectivity index (χ3v) is 3.38. The molecule has 0 aliphatic carbocycles. The highest BCUT2D eigenvalue weighted by Crippen LogP contribution is 2.27. The van der Waals surface area contributed by atoms with Gasteiger partial charge in [0.05, 0.1) is 11.4 Å². The fraction of sp³-hybridized carbons (Fsp3) is 0.333. The first-order valence-corrected chi connectivity index (χ1v) is 6.00. The molecular weight excluding hydrogens is 220 g/mol. The van der Waals surface area contributed by atoms with Crippen LogP contribution in [0, 0.1) is 20.8 Å². The minimum atomic E-state index is -0.598. The van der Waals surface area contributed by atoms with E-state index in [-0.39, 0.29) is 0 Å². The Morgan fingerprint density at radius 3 is 2.56 bits per heavy atom. The summed E-state index contributed by atoms with van der Waals surface area (Å²) in [6, 6.07) is 3.89. The van der Waals surface area contributed by atoms with Crippen LogP contribution < -0.4 is 0 Å². The zero-order valence-corrected chi connectivity index (χ0v) is 10.4. The molecule has 2 aromatic rings. The van der Waals surface area contributed by atoms with Crippen LogP contribution in [0.4, 0.5) is 0 Å².